The van der Waals surface area contributed by atoms with Gasteiger partial charge in [-0.05, 0) is 6.26 Å². The lowest BCUT2D eigenvalue weighted by Crippen LogP contribution is -2.31. The monoisotopic (exact) mass is 241 g/mol. The van der Waals surface area contributed by atoms with Crippen LogP contribution in [0.15, 0.2) is 11.2 Å². The molecule has 0 saturated carbocycles. The van der Waals surface area contributed by atoms with Crippen LogP contribution in [0.3, 0.4) is 0 Å². The van der Waals surface area contributed by atoms with Crippen molar-refractivity contribution in [1.82, 2.24) is 9.97 Å². The molecule has 0 aliphatic carbocycles. The SMILES string of the molecule is CNc1cc(N(C)CC(N)=O)nc(SC)n1. The van der Waals surface area contributed by atoms with Crippen molar-refractivity contribution in [1.29, 1.82) is 0 Å². The van der Waals surface area contributed by atoms with Crippen LogP contribution in [-0.2, 0) is 4.79 Å². The van der Waals surface area contributed by atoms with Gasteiger partial charge in [-0.25, -0.2) is 9.97 Å². The Morgan fingerprint density at radius 2 is 2.31 bits per heavy atom. The van der Waals surface area contributed by atoms with Gasteiger partial charge < -0.3 is 16.0 Å². The van der Waals surface area contributed by atoms with E-state index in [0.29, 0.717) is 16.8 Å². The molecular weight excluding hydrogens is 226 g/mol. The molecule has 16 heavy (non-hydrogen) atoms. The zero-order valence-corrected chi connectivity index (χ0v) is 10.3. The third-order valence-electron chi connectivity index (χ3n) is 1.91. The third kappa shape index (κ3) is 3.27. The minimum Gasteiger partial charge on any atom is -0.373 e. The highest BCUT2D eigenvalue weighted by Crippen LogP contribution is 2.18. The summed E-state index contributed by atoms with van der Waals surface area (Å²) in [5.74, 6) is 0.992. The van der Waals surface area contributed by atoms with Crippen LogP contribution in [0.2, 0.25) is 0 Å². The number of rotatable bonds is 5. The molecule has 0 aliphatic heterocycles. The van der Waals surface area contributed by atoms with E-state index >= 15 is 0 Å². The minimum atomic E-state index is -0.391. The molecule has 1 aromatic heterocycles. The number of nitrogens with one attached hydrogen (secondary N) is 1. The molecule has 0 saturated heterocycles. The smallest absolute Gasteiger partial charge is 0.236 e. The van der Waals surface area contributed by atoms with Crippen LogP contribution in [0.4, 0.5) is 11.6 Å². The van der Waals surface area contributed by atoms with E-state index in [1.807, 2.05) is 6.26 Å². The quantitative estimate of drug-likeness (QED) is 0.564. The average Bonchev–Trinajstić information content (AvgIpc) is 2.27. The first-order chi connectivity index (χ1) is 7.56. The lowest BCUT2D eigenvalue weighted by Gasteiger charge is -2.17. The second-order valence-corrected chi connectivity index (χ2v) is 3.94. The summed E-state index contributed by atoms with van der Waals surface area (Å²) in [4.78, 5) is 21.0. The first-order valence-electron chi connectivity index (χ1n) is 4.67. The van der Waals surface area contributed by atoms with Gasteiger partial charge in [-0.15, -0.1) is 0 Å². The number of likely N-dealkylation sites (N-methyl/N-ethyl adjacent to an activating group) is 1. The Morgan fingerprint density at radius 3 is 2.81 bits per heavy atom. The van der Waals surface area contributed by atoms with Crippen molar-refractivity contribution in [3.8, 4) is 0 Å². The Balaban J connectivity index is 2.97. The normalized spacial score (nSPS) is 9.94. The standard InChI is InChI=1S/C9H15N5OS/c1-11-7-4-8(13-9(12-7)16-3)14(2)5-6(10)15/h4H,5H2,1-3H3,(H2,10,15)(H,11,12,13). The zero-order chi connectivity index (χ0) is 12.1. The molecule has 0 unspecified atom stereocenters. The Morgan fingerprint density at radius 1 is 1.62 bits per heavy atom. The molecule has 0 fully saturated rings. The number of nitrogens with zero attached hydrogens (tertiary/aromatic N) is 3. The second-order valence-electron chi connectivity index (χ2n) is 3.17. The van der Waals surface area contributed by atoms with Crippen molar-refractivity contribution < 1.29 is 4.79 Å². The molecule has 1 rings (SSSR count). The Hall–Kier alpha value is -1.50. The van der Waals surface area contributed by atoms with Gasteiger partial charge in [0.1, 0.15) is 11.6 Å². The number of hydrogen-bond acceptors (Lipinski definition) is 6. The summed E-state index contributed by atoms with van der Waals surface area (Å²) in [7, 11) is 3.54. The number of carbonyl (C=O) groups is 1. The fourth-order valence-corrected chi connectivity index (χ4v) is 1.52. The molecule has 0 radical (unpaired) electrons. The van der Waals surface area contributed by atoms with E-state index in [1.165, 1.54) is 11.8 Å². The van der Waals surface area contributed by atoms with Crippen LogP contribution in [0.25, 0.3) is 0 Å². The van der Waals surface area contributed by atoms with Crippen LogP contribution in [-0.4, -0.2) is 42.8 Å². The zero-order valence-electron chi connectivity index (χ0n) is 9.52. The van der Waals surface area contributed by atoms with Crippen LogP contribution in [0.5, 0.6) is 0 Å². The number of hydrogen-bond donors (Lipinski definition) is 2. The first kappa shape index (κ1) is 12.6. The number of aromatic nitrogens is 2. The van der Waals surface area contributed by atoms with Gasteiger partial charge >= 0.3 is 0 Å². The second kappa shape index (κ2) is 5.55. The number of anilines is 2. The van der Waals surface area contributed by atoms with Gasteiger partial charge in [-0.2, -0.15) is 0 Å². The maximum absolute atomic E-state index is 10.8. The van der Waals surface area contributed by atoms with E-state index in [0.717, 1.165) is 0 Å². The Labute approximate surface area is 98.6 Å². The molecule has 7 heteroatoms. The predicted octanol–water partition coefficient (Wildman–Crippen LogP) is 0.162. The van der Waals surface area contributed by atoms with Gasteiger partial charge in [0.15, 0.2) is 5.16 Å². The third-order valence-corrected chi connectivity index (χ3v) is 2.46. The van der Waals surface area contributed by atoms with Gasteiger partial charge in [0, 0.05) is 20.2 Å². The molecule has 1 heterocycles. The molecule has 1 aromatic rings. The number of primary amides is 1. The molecule has 0 aliphatic rings. The highest BCUT2D eigenvalue weighted by molar-refractivity contribution is 7.98. The maximum atomic E-state index is 10.8. The highest BCUT2D eigenvalue weighted by Gasteiger charge is 2.09. The van der Waals surface area contributed by atoms with Crippen LogP contribution >= 0.6 is 11.8 Å². The molecular formula is C9H15N5OS. The fraction of sp³-hybridized carbons (Fsp3) is 0.444. The average molecular weight is 241 g/mol. The van der Waals surface area contributed by atoms with Crippen molar-refractivity contribution in [3.63, 3.8) is 0 Å². The lowest BCUT2D eigenvalue weighted by atomic mass is 10.4. The molecule has 6 nitrogen and oxygen atoms in total. The molecule has 0 atom stereocenters. The van der Waals surface area contributed by atoms with Gasteiger partial charge in [-0.3, -0.25) is 4.79 Å². The van der Waals surface area contributed by atoms with Crippen molar-refractivity contribution in [3.05, 3.63) is 6.07 Å². The van der Waals surface area contributed by atoms with Crippen molar-refractivity contribution in [2.24, 2.45) is 5.73 Å². The summed E-state index contributed by atoms with van der Waals surface area (Å²) in [5.41, 5.74) is 5.13. The molecule has 0 bridgehead atoms. The van der Waals surface area contributed by atoms with Crippen molar-refractivity contribution in [2.75, 3.05) is 37.1 Å². The van der Waals surface area contributed by atoms with E-state index in [9.17, 15) is 4.79 Å². The van der Waals surface area contributed by atoms with E-state index < -0.39 is 5.91 Å². The summed E-state index contributed by atoms with van der Waals surface area (Å²) in [5, 5.41) is 3.59. The van der Waals surface area contributed by atoms with E-state index in [1.54, 1.807) is 25.1 Å². The van der Waals surface area contributed by atoms with E-state index in [-0.39, 0.29) is 6.54 Å². The van der Waals surface area contributed by atoms with E-state index in [2.05, 4.69) is 15.3 Å². The van der Waals surface area contributed by atoms with Crippen molar-refractivity contribution >= 4 is 29.3 Å². The number of carbonyl (C=O) groups excluding carboxylic acids is 1. The number of amides is 1. The number of nitrogens with two attached hydrogens (primary N) is 1. The molecule has 3 N–H and O–H groups in total. The van der Waals surface area contributed by atoms with Gasteiger partial charge in [0.25, 0.3) is 0 Å². The lowest BCUT2D eigenvalue weighted by molar-refractivity contribution is -0.116. The first-order valence-corrected chi connectivity index (χ1v) is 5.89. The minimum absolute atomic E-state index is 0.133. The number of thioether (sulfide) groups is 1. The fourth-order valence-electron chi connectivity index (χ4n) is 1.14. The van der Waals surface area contributed by atoms with Crippen molar-refractivity contribution in [2.45, 2.75) is 5.16 Å². The summed E-state index contributed by atoms with van der Waals surface area (Å²) in [6, 6.07) is 1.77. The molecule has 0 aromatic carbocycles. The molecule has 88 valence electrons. The summed E-state index contributed by atoms with van der Waals surface area (Å²) in [6.07, 6.45) is 1.90. The predicted molar refractivity (Wildman–Crippen MR) is 65.8 cm³/mol. The Bertz CT molecular complexity index is 362. The van der Waals surface area contributed by atoms with Gasteiger partial charge in [0.2, 0.25) is 5.91 Å². The summed E-state index contributed by atoms with van der Waals surface area (Å²) < 4.78 is 0. The van der Waals surface area contributed by atoms with Gasteiger partial charge in [-0.1, -0.05) is 11.8 Å². The summed E-state index contributed by atoms with van der Waals surface area (Å²) in [6.45, 7) is 0.133. The van der Waals surface area contributed by atoms with Gasteiger partial charge in [0.05, 0.1) is 6.54 Å². The van der Waals surface area contributed by atoms with E-state index in [4.69, 9.17) is 5.73 Å². The topological polar surface area (TPSA) is 84.1 Å². The van der Waals surface area contributed by atoms with Crippen LogP contribution < -0.4 is 16.0 Å². The van der Waals surface area contributed by atoms with Crippen LogP contribution in [0.1, 0.15) is 0 Å². The molecule has 1 amide bonds. The maximum Gasteiger partial charge on any atom is 0.236 e. The summed E-state index contributed by atoms with van der Waals surface area (Å²) >= 11 is 1.44. The highest BCUT2D eigenvalue weighted by atomic mass is 32.2. The Kier molecular flexibility index (Phi) is 4.36. The molecule has 0 spiro atoms. The van der Waals surface area contributed by atoms with Crippen LogP contribution in [0, 0.1) is 0 Å². The largest absolute Gasteiger partial charge is 0.373 e.